The Bertz CT molecular complexity index is 921. The maximum atomic E-state index is 12.5. The summed E-state index contributed by atoms with van der Waals surface area (Å²) >= 11 is 1.36. The molecule has 7 heteroatoms. The van der Waals surface area contributed by atoms with Crippen molar-refractivity contribution < 1.29 is 12.8 Å². The van der Waals surface area contributed by atoms with E-state index in [4.69, 9.17) is 9.68 Å². The van der Waals surface area contributed by atoms with Gasteiger partial charge in [0, 0.05) is 0 Å². The van der Waals surface area contributed by atoms with Crippen LogP contribution in [0.5, 0.6) is 0 Å². The van der Waals surface area contributed by atoms with Crippen molar-refractivity contribution in [2.75, 3.05) is 0 Å². The zero-order valence-electron chi connectivity index (χ0n) is 11.3. The lowest BCUT2D eigenvalue weighted by Crippen LogP contribution is -2.05. The summed E-state index contributed by atoms with van der Waals surface area (Å²) in [5.74, 6) is -0.0834. The minimum absolute atomic E-state index is 0.151. The summed E-state index contributed by atoms with van der Waals surface area (Å²) in [6.45, 7) is 0. The molecule has 22 heavy (non-hydrogen) atoms. The number of hydrogen-bond acceptors (Lipinski definition) is 6. The van der Waals surface area contributed by atoms with Gasteiger partial charge in [-0.1, -0.05) is 36.4 Å². The fourth-order valence-corrected chi connectivity index (χ4v) is 3.96. The van der Waals surface area contributed by atoms with Gasteiger partial charge in [0.15, 0.2) is 5.69 Å². The van der Waals surface area contributed by atoms with Crippen LogP contribution in [0.25, 0.3) is 10.8 Å². The summed E-state index contributed by atoms with van der Waals surface area (Å²) in [7, 11) is -3.77. The van der Waals surface area contributed by atoms with Gasteiger partial charge in [0.2, 0.25) is 15.7 Å². The lowest BCUT2D eigenvalue weighted by atomic mass is 10.2. The Morgan fingerprint density at radius 2 is 1.95 bits per heavy atom. The first-order chi connectivity index (χ1) is 10.6. The SMILES string of the molecule is N#Cc1nc(-c2cccs2)oc1S(=O)(=O)Cc1ccccc1. The fourth-order valence-electron chi connectivity index (χ4n) is 1.95. The topological polar surface area (TPSA) is 84.0 Å². The molecule has 5 nitrogen and oxygen atoms in total. The zero-order chi connectivity index (χ0) is 15.6. The molecule has 0 aliphatic carbocycles. The summed E-state index contributed by atoms with van der Waals surface area (Å²) in [5, 5.41) is 10.6. The van der Waals surface area contributed by atoms with Crippen molar-refractivity contribution in [3.05, 3.63) is 59.1 Å². The first kappa shape index (κ1) is 14.5. The van der Waals surface area contributed by atoms with E-state index in [1.54, 1.807) is 48.5 Å². The number of rotatable bonds is 4. The van der Waals surface area contributed by atoms with Crippen LogP contribution in [0.2, 0.25) is 0 Å². The maximum absolute atomic E-state index is 12.5. The number of thiophene rings is 1. The molecule has 110 valence electrons. The highest BCUT2D eigenvalue weighted by atomic mass is 32.2. The predicted molar refractivity (Wildman–Crippen MR) is 81.9 cm³/mol. The summed E-state index contributed by atoms with van der Waals surface area (Å²) in [6, 6.07) is 14.1. The number of nitrogens with zero attached hydrogens (tertiary/aromatic N) is 2. The van der Waals surface area contributed by atoms with E-state index in [9.17, 15) is 8.42 Å². The van der Waals surface area contributed by atoms with Crippen LogP contribution in [0.1, 0.15) is 11.3 Å². The van der Waals surface area contributed by atoms with Crippen LogP contribution >= 0.6 is 11.3 Å². The van der Waals surface area contributed by atoms with E-state index in [0.717, 1.165) is 0 Å². The highest BCUT2D eigenvalue weighted by Gasteiger charge is 2.27. The van der Waals surface area contributed by atoms with Gasteiger partial charge in [-0.3, -0.25) is 0 Å². The third kappa shape index (κ3) is 2.79. The van der Waals surface area contributed by atoms with Crippen molar-refractivity contribution in [2.45, 2.75) is 10.8 Å². The molecule has 0 spiro atoms. The second kappa shape index (κ2) is 5.75. The normalized spacial score (nSPS) is 11.2. The molecule has 0 saturated heterocycles. The Kier molecular flexibility index (Phi) is 3.79. The third-order valence-electron chi connectivity index (χ3n) is 2.92. The molecule has 3 rings (SSSR count). The molecule has 3 aromatic rings. The van der Waals surface area contributed by atoms with Crippen molar-refractivity contribution in [3.8, 4) is 16.8 Å². The van der Waals surface area contributed by atoms with Crippen LogP contribution in [0.3, 0.4) is 0 Å². The van der Waals surface area contributed by atoms with Crippen LogP contribution < -0.4 is 0 Å². The number of sulfone groups is 1. The summed E-state index contributed by atoms with van der Waals surface area (Å²) < 4.78 is 30.3. The van der Waals surface area contributed by atoms with Crippen molar-refractivity contribution in [3.63, 3.8) is 0 Å². The van der Waals surface area contributed by atoms with Crippen LogP contribution in [0, 0.1) is 11.3 Å². The number of hydrogen-bond donors (Lipinski definition) is 0. The first-order valence-corrected chi connectivity index (χ1v) is 8.85. The maximum Gasteiger partial charge on any atom is 0.257 e. The van der Waals surface area contributed by atoms with Crippen LogP contribution in [-0.2, 0) is 15.6 Å². The highest BCUT2D eigenvalue weighted by molar-refractivity contribution is 7.90. The molecule has 0 aliphatic rings. The van der Waals surface area contributed by atoms with E-state index in [1.807, 2.05) is 5.38 Å². The lowest BCUT2D eigenvalue weighted by molar-refractivity contribution is 0.458. The highest BCUT2D eigenvalue weighted by Crippen LogP contribution is 2.29. The van der Waals surface area contributed by atoms with Gasteiger partial charge >= 0.3 is 0 Å². The van der Waals surface area contributed by atoms with Gasteiger partial charge in [0.25, 0.3) is 5.09 Å². The van der Waals surface area contributed by atoms with Crippen molar-refractivity contribution >= 4 is 21.2 Å². The van der Waals surface area contributed by atoms with Gasteiger partial charge in [0.05, 0.1) is 10.6 Å². The summed E-state index contributed by atoms with van der Waals surface area (Å²) in [5.41, 5.74) is 0.416. The van der Waals surface area contributed by atoms with Gasteiger partial charge in [-0.15, -0.1) is 11.3 Å². The van der Waals surface area contributed by atoms with Gasteiger partial charge in [0.1, 0.15) is 6.07 Å². The smallest absolute Gasteiger partial charge is 0.257 e. The van der Waals surface area contributed by atoms with E-state index >= 15 is 0 Å². The Morgan fingerprint density at radius 1 is 1.18 bits per heavy atom. The largest absolute Gasteiger partial charge is 0.422 e. The van der Waals surface area contributed by atoms with Crippen LogP contribution in [0.15, 0.2) is 57.4 Å². The second-order valence-electron chi connectivity index (χ2n) is 4.49. The number of nitriles is 1. The van der Waals surface area contributed by atoms with Gasteiger partial charge in [-0.05, 0) is 17.0 Å². The Hall–Kier alpha value is -2.43. The molecule has 0 N–H and O–H groups in total. The standard InChI is InChI=1S/C15H10N2O3S2/c16-9-12-15(20-14(17-12)13-7-4-8-21-13)22(18,19)10-11-5-2-1-3-6-11/h1-8H,10H2. The zero-order valence-corrected chi connectivity index (χ0v) is 12.9. The minimum Gasteiger partial charge on any atom is -0.422 e. The van der Waals surface area contributed by atoms with Gasteiger partial charge in [-0.25, -0.2) is 8.42 Å². The number of benzene rings is 1. The summed E-state index contributed by atoms with van der Waals surface area (Å²) in [4.78, 5) is 4.66. The van der Waals surface area contributed by atoms with E-state index in [2.05, 4.69) is 4.98 Å². The molecule has 0 unspecified atom stereocenters. The van der Waals surface area contributed by atoms with E-state index in [1.165, 1.54) is 11.3 Å². The molecular formula is C15H10N2O3S2. The van der Waals surface area contributed by atoms with E-state index in [0.29, 0.717) is 10.4 Å². The Labute approximate surface area is 131 Å². The second-order valence-corrected chi connectivity index (χ2v) is 7.33. The molecule has 0 bridgehead atoms. The van der Waals surface area contributed by atoms with Crippen molar-refractivity contribution in [1.29, 1.82) is 5.26 Å². The molecule has 0 aliphatic heterocycles. The molecule has 2 aromatic heterocycles. The average molecular weight is 330 g/mol. The van der Waals surface area contributed by atoms with E-state index in [-0.39, 0.29) is 22.4 Å². The fraction of sp³-hybridized carbons (Fsp3) is 0.0667. The third-order valence-corrected chi connectivity index (χ3v) is 5.33. The Balaban J connectivity index is 2.02. The minimum atomic E-state index is -3.77. The molecule has 0 fully saturated rings. The molecule has 0 atom stereocenters. The van der Waals surface area contributed by atoms with Crippen LogP contribution in [0.4, 0.5) is 0 Å². The predicted octanol–water partition coefficient (Wildman–Crippen LogP) is 3.25. The van der Waals surface area contributed by atoms with Gasteiger partial charge in [-0.2, -0.15) is 10.2 Å². The molecular weight excluding hydrogens is 320 g/mol. The first-order valence-electron chi connectivity index (χ1n) is 6.31. The van der Waals surface area contributed by atoms with Gasteiger partial charge < -0.3 is 4.42 Å². The number of aromatic nitrogens is 1. The number of oxazole rings is 1. The Morgan fingerprint density at radius 3 is 2.59 bits per heavy atom. The summed E-state index contributed by atoms with van der Waals surface area (Å²) in [6.07, 6.45) is 0. The molecule has 0 radical (unpaired) electrons. The monoisotopic (exact) mass is 330 g/mol. The molecule has 1 aromatic carbocycles. The van der Waals surface area contributed by atoms with Crippen LogP contribution in [-0.4, -0.2) is 13.4 Å². The lowest BCUT2D eigenvalue weighted by Gasteiger charge is -2.01. The molecule has 2 heterocycles. The molecule has 0 amide bonds. The van der Waals surface area contributed by atoms with Crippen molar-refractivity contribution in [1.82, 2.24) is 4.98 Å². The van der Waals surface area contributed by atoms with E-state index < -0.39 is 9.84 Å². The quantitative estimate of drug-likeness (QED) is 0.733. The molecule has 0 saturated carbocycles. The average Bonchev–Trinajstić information content (AvgIpc) is 3.17. The van der Waals surface area contributed by atoms with Crippen molar-refractivity contribution in [2.24, 2.45) is 0 Å².